The fraction of sp³-hybridized carbons (Fsp3) is 0.688. The number of carbonyl (C=O) groups excluding carboxylic acids is 1. The van der Waals surface area contributed by atoms with Crippen LogP contribution in [0, 0.1) is 5.41 Å². The average molecular weight is 308 g/mol. The molecule has 0 aromatic carbocycles. The van der Waals surface area contributed by atoms with Gasteiger partial charge in [0, 0.05) is 24.8 Å². The van der Waals surface area contributed by atoms with Crippen LogP contribution >= 0.6 is 0 Å². The van der Waals surface area contributed by atoms with Crippen LogP contribution in [0.4, 0.5) is 10.6 Å². The summed E-state index contributed by atoms with van der Waals surface area (Å²) in [5.74, 6) is 0.764. The minimum atomic E-state index is -0.480. The molecule has 0 radical (unpaired) electrons. The molecule has 0 aliphatic carbocycles. The maximum atomic E-state index is 11.5. The molecular weight excluding hydrogens is 280 g/mol. The van der Waals surface area contributed by atoms with Crippen molar-refractivity contribution < 1.29 is 9.53 Å². The maximum absolute atomic E-state index is 11.5. The lowest BCUT2D eigenvalue weighted by molar-refractivity contribution is 0.0530. The lowest BCUT2D eigenvalue weighted by atomic mass is 9.90. The molecule has 1 amide bonds. The summed E-state index contributed by atoms with van der Waals surface area (Å²) in [4.78, 5) is 20.0. The van der Waals surface area contributed by atoms with Gasteiger partial charge >= 0.3 is 6.09 Å². The summed E-state index contributed by atoms with van der Waals surface area (Å²) in [5.41, 5.74) is 0.709. The van der Waals surface area contributed by atoms with Crippen molar-refractivity contribution in [1.82, 2.24) is 15.3 Å². The van der Waals surface area contributed by atoms with Crippen LogP contribution in [0.5, 0.6) is 0 Å². The number of nitrogens with one attached hydrogen (secondary N) is 2. The lowest BCUT2D eigenvalue weighted by Crippen LogP contribution is -2.35. The first-order chi connectivity index (χ1) is 10.1. The number of hydrogen-bond donors (Lipinski definition) is 2. The van der Waals surface area contributed by atoms with Gasteiger partial charge in [0.1, 0.15) is 17.7 Å². The Hall–Kier alpha value is -1.85. The maximum Gasteiger partial charge on any atom is 0.407 e. The van der Waals surface area contributed by atoms with E-state index in [9.17, 15) is 4.79 Å². The Labute approximate surface area is 133 Å². The summed E-state index contributed by atoms with van der Waals surface area (Å²) in [5, 5.41) is 5.86. The largest absolute Gasteiger partial charge is 0.444 e. The number of hydrogen-bond acceptors (Lipinski definition) is 5. The molecule has 0 spiro atoms. The van der Waals surface area contributed by atoms with Gasteiger partial charge in [-0.3, -0.25) is 0 Å². The molecule has 6 heteroatoms. The van der Waals surface area contributed by atoms with Crippen molar-refractivity contribution in [3.8, 4) is 0 Å². The molecule has 124 valence electrons. The predicted octanol–water partition coefficient (Wildman–Crippen LogP) is 3.00. The van der Waals surface area contributed by atoms with Crippen molar-refractivity contribution in [2.24, 2.45) is 5.41 Å². The molecule has 2 N–H and O–H groups in total. The second kappa shape index (κ2) is 7.42. The minimum Gasteiger partial charge on any atom is -0.444 e. The quantitative estimate of drug-likeness (QED) is 0.818. The number of carbonyl (C=O) groups is 1. The molecule has 0 saturated carbocycles. The van der Waals surface area contributed by atoms with Crippen molar-refractivity contribution in [1.29, 1.82) is 0 Å². The second-order valence-electron chi connectivity index (χ2n) is 7.49. The Morgan fingerprint density at radius 2 is 1.82 bits per heavy atom. The van der Waals surface area contributed by atoms with Crippen molar-refractivity contribution in [3.05, 3.63) is 18.1 Å². The Kier molecular flexibility index (Phi) is 6.14. The SMILES string of the molecule is CC(C)(C)Cc1cc(NCCNC(=O)OC(C)(C)C)ncn1. The normalized spacial score (nSPS) is 11.9. The third-order valence-electron chi connectivity index (χ3n) is 2.53. The summed E-state index contributed by atoms with van der Waals surface area (Å²) in [6.45, 7) is 13.1. The van der Waals surface area contributed by atoms with Crippen LogP contribution in [0.25, 0.3) is 0 Å². The molecule has 0 aliphatic heterocycles. The van der Waals surface area contributed by atoms with E-state index in [0.717, 1.165) is 17.9 Å². The third kappa shape index (κ3) is 8.44. The third-order valence-corrected chi connectivity index (χ3v) is 2.53. The van der Waals surface area contributed by atoms with Gasteiger partial charge in [0.2, 0.25) is 0 Å². The molecule has 0 fully saturated rings. The number of amides is 1. The Balaban J connectivity index is 2.36. The molecule has 1 aromatic heterocycles. The Morgan fingerprint density at radius 1 is 1.14 bits per heavy atom. The molecule has 6 nitrogen and oxygen atoms in total. The number of ether oxygens (including phenoxy) is 1. The van der Waals surface area contributed by atoms with Crippen molar-refractivity contribution >= 4 is 11.9 Å². The summed E-state index contributed by atoms with van der Waals surface area (Å²) in [6.07, 6.45) is 2.04. The molecule has 0 bridgehead atoms. The van der Waals surface area contributed by atoms with Gasteiger partial charge in [-0.1, -0.05) is 20.8 Å². The van der Waals surface area contributed by atoms with E-state index in [4.69, 9.17) is 4.74 Å². The zero-order valence-corrected chi connectivity index (χ0v) is 14.5. The van der Waals surface area contributed by atoms with E-state index in [-0.39, 0.29) is 5.41 Å². The highest BCUT2D eigenvalue weighted by Crippen LogP contribution is 2.19. The first-order valence-corrected chi connectivity index (χ1v) is 7.57. The first-order valence-electron chi connectivity index (χ1n) is 7.57. The van der Waals surface area contributed by atoms with Crippen LogP contribution in [0.1, 0.15) is 47.2 Å². The second-order valence-corrected chi connectivity index (χ2v) is 7.49. The van der Waals surface area contributed by atoms with E-state index >= 15 is 0 Å². The monoisotopic (exact) mass is 308 g/mol. The van der Waals surface area contributed by atoms with E-state index in [2.05, 4.69) is 41.4 Å². The van der Waals surface area contributed by atoms with Crippen molar-refractivity contribution in [2.75, 3.05) is 18.4 Å². The van der Waals surface area contributed by atoms with Crippen molar-refractivity contribution in [2.45, 2.75) is 53.6 Å². The zero-order chi connectivity index (χ0) is 16.8. The van der Waals surface area contributed by atoms with Gasteiger partial charge < -0.3 is 15.4 Å². The van der Waals surface area contributed by atoms with Gasteiger partial charge in [-0.25, -0.2) is 14.8 Å². The van der Waals surface area contributed by atoms with Gasteiger partial charge in [-0.05, 0) is 32.6 Å². The van der Waals surface area contributed by atoms with Crippen LogP contribution in [0.3, 0.4) is 0 Å². The van der Waals surface area contributed by atoms with Crippen molar-refractivity contribution in [3.63, 3.8) is 0 Å². The van der Waals surface area contributed by atoms with E-state index in [1.54, 1.807) is 6.33 Å². The molecule has 0 saturated heterocycles. The van der Waals surface area contributed by atoms with E-state index < -0.39 is 11.7 Å². The predicted molar refractivity (Wildman–Crippen MR) is 87.9 cm³/mol. The standard InChI is InChI=1S/C16H28N4O2/c1-15(2,3)10-12-9-13(20-11-19-12)17-7-8-18-14(21)22-16(4,5)6/h9,11H,7-8,10H2,1-6H3,(H,18,21)(H,17,19,20). The molecule has 0 unspecified atom stereocenters. The van der Waals surface area contributed by atoms with Gasteiger partial charge in [0.25, 0.3) is 0 Å². The summed E-state index contributed by atoms with van der Waals surface area (Å²) in [6, 6.07) is 1.94. The number of aromatic nitrogens is 2. The van der Waals surface area contributed by atoms with Gasteiger partial charge in [-0.2, -0.15) is 0 Å². The van der Waals surface area contributed by atoms with E-state index in [1.165, 1.54) is 0 Å². The highest BCUT2D eigenvalue weighted by molar-refractivity contribution is 5.67. The number of anilines is 1. The fourth-order valence-electron chi connectivity index (χ4n) is 1.80. The highest BCUT2D eigenvalue weighted by Gasteiger charge is 2.15. The van der Waals surface area contributed by atoms with E-state index in [0.29, 0.717) is 13.1 Å². The molecule has 1 rings (SSSR count). The summed E-state index contributed by atoms with van der Waals surface area (Å²) in [7, 11) is 0. The number of rotatable bonds is 5. The van der Waals surface area contributed by atoms with Crippen LogP contribution in [-0.2, 0) is 11.2 Å². The fourth-order valence-corrected chi connectivity index (χ4v) is 1.80. The lowest BCUT2D eigenvalue weighted by Gasteiger charge is -2.19. The average Bonchev–Trinajstić information content (AvgIpc) is 2.31. The molecule has 22 heavy (non-hydrogen) atoms. The van der Waals surface area contributed by atoms with Crippen LogP contribution < -0.4 is 10.6 Å². The first kappa shape index (κ1) is 18.2. The topological polar surface area (TPSA) is 76.1 Å². The molecule has 0 aliphatic rings. The molecule has 1 aromatic rings. The van der Waals surface area contributed by atoms with E-state index in [1.807, 2.05) is 26.8 Å². The summed E-state index contributed by atoms with van der Waals surface area (Å²) < 4.78 is 5.16. The van der Waals surface area contributed by atoms with Gasteiger partial charge in [0.15, 0.2) is 0 Å². The smallest absolute Gasteiger partial charge is 0.407 e. The van der Waals surface area contributed by atoms with Crippen LogP contribution in [0.15, 0.2) is 12.4 Å². The van der Waals surface area contributed by atoms with Crippen LogP contribution in [-0.4, -0.2) is 34.8 Å². The number of nitrogens with zero attached hydrogens (tertiary/aromatic N) is 2. The molecular formula is C16H28N4O2. The number of alkyl carbamates (subject to hydrolysis) is 1. The van der Waals surface area contributed by atoms with Crippen LogP contribution in [0.2, 0.25) is 0 Å². The highest BCUT2D eigenvalue weighted by atomic mass is 16.6. The Bertz CT molecular complexity index is 490. The Morgan fingerprint density at radius 3 is 2.41 bits per heavy atom. The summed E-state index contributed by atoms with van der Waals surface area (Å²) >= 11 is 0. The van der Waals surface area contributed by atoms with Gasteiger partial charge in [0.05, 0.1) is 0 Å². The van der Waals surface area contributed by atoms with Gasteiger partial charge in [-0.15, -0.1) is 0 Å². The zero-order valence-electron chi connectivity index (χ0n) is 14.5. The molecule has 1 heterocycles. The minimum absolute atomic E-state index is 0.184. The molecule has 0 atom stereocenters.